The number of methoxy groups -OCH3 is 1. The maximum absolute atomic E-state index is 12.6. The maximum Gasteiger partial charge on any atom is 0.328 e. The van der Waals surface area contributed by atoms with Gasteiger partial charge in [0.1, 0.15) is 12.6 Å². The number of esters is 1. The molecule has 0 aliphatic carbocycles. The molecule has 0 aliphatic heterocycles. The molecular weight excluding hydrogens is 396 g/mol. The number of hydrogen-bond acceptors (Lipinski definition) is 6. The van der Waals surface area contributed by atoms with Gasteiger partial charge in [-0.1, -0.05) is 48.0 Å². The standard InChI is InChI=1S/C22H22N6O3/c1-14-7-9-15(10-8-14)21-25-27-28(26-21)13-20(29)24-19(22(30)31-2)11-16-12-23-18-6-4-3-5-17(16)18/h3-10,12,19,23H,11,13H2,1-2H3,(H,24,29)/t19-/m1/s1. The first kappa shape index (κ1) is 20.3. The average Bonchev–Trinajstić information content (AvgIpc) is 3.40. The van der Waals surface area contributed by atoms with Gasteiger partial charge in [-0.2, -0.15) is 4.80 Å². The highest BCUT2D eigenvalue weighted by Crippen LogP contribution is 2.19. The van der Waals surface area contributed by atoms with Gasteiger partial charge in [-0.15, -0.1) is 10.2 Å². The maximum atomic E-state index is 12.6. The molecule has 0 unspecified atom stereocenters. The summed E-state index contributed by atoms with van der Waals surface area (Å²) in [7, 11) is 1.30. The van der Waals surface area contributed by atoms with Gasteiger partial charge in [0.2, 0.25) is 11.7 Å². The lowest BCUT2D eigenvalue weighted by atomic mass is 10.0. The van der Waals surface area contributed by atoms with E-state index in [0.29, 0.717) is 12.2 Å². The van der Waals surface area contributed by atoms with Crippen LogP contribution in [0, 0.1) is 6.92 Å². The Morgan fingerprint density at radius 3 is 2.71 bits per heavy atom. The van der Waals surface area contributed by atoms with E-state index in [1.807, 2.05) is 61.7 Å². The molecule has 1 amide bonds. The van der Waals surface area contributed by atoms with Gasteiger partial charge >= 0.3 is 5.97 Å². The molecular formula is C22H22N6O3. The summed E-state index contributed by atoms with van der Waals surface area (Å²) in [6.45, 7) is 1.83. The first-order chi connectivity index (χ1) is 15.0. The van der Waals surface area contributed by atoms with Crippen molar-refractivity contribution in [1.82, 2.24) is 30.5 Å². The van der Waals surface area contributed by atoms with E-state index in [9.17, 15) is 9.59 Å². The number of nitrogens with zero attached hydrogens (tertiary/aromatic N) is 4. The number of ether oxygens (including phenoxy) is 1. The number of aryl methyl sites for hydroxylation is 1. The number of nitrogens with one attached hydrogen (secondary N) is 2. The van der Waals surface area contributed by atoms with Crippen molar-refractivity contribution in [3.8, 4) is 11.4 Å². The lowest BCUT2D eigenvalue weighted by molar-refractivity contribution is -0.145. The number of carbonyl (C=O) groups excluding carboxylic acids is 2. The number of para-hydroxylation sites is 1. The number of benzene rings is 2. The molecule has 4 rings (SSSR count). The topological polar surface area (TPSA) is 115 Å². The van der Waals surface area contributed by atoms with E-state index in [1.165, 1.54) is 11.9 Å². The molecule has 158 valence electrons. The zero-order chi connectivity index (χ0) is 21.8. The van der Waals surface area contributed by atoms with Crippen molar-refractivity contribution in [3.63, 3.8) is 0 Å². The summed E-state index contributed by atoms with van der Waals surface area (Å²) < 4.78 is 4.88. The van der Waals surface area contributed by atoms with Gasteiger partial charge in [-0.25, -0.2) is 4.79 Å². The van der Waals surface area contributed by atoms with Crippen molar-refractivity contribution in [3.05, 3.63) is 65.9 Å². The molecule has 0 radical (unpaired) electrons. The Morgan fingerprint density at radius 2 is 1.94 bits per heavy atom. The third kappa shape index (κ3) is 4.61. The van der Waals surface area contributed by atoms with Gasteiger partial charge in [0.05, 0.1) is 7.11 Å². The molecule has 31 heavy (non-hydrogen) atoms. The van der Waals surface area contributed by atoms with E-state index < -0.39 is 17.9 Å². The summed E-state index contributed by atoms with van der Waals surface area (Å²) in [6, 6.07) is 14.6. The van der Waals surface area contributed by atoms with Gasteiger partial charge in [0.15, 0.2) is 0 Å². The number of tetrazole rings is 1. The van der Waals surface area contributed by atoms with Gasteiger partial charge in [-0.3, -0.25) is 4.79 Å². The second-order valence-electron chi connectivity index (χ2n) is 7.22. The van der Waals surface area contributed by atoms with E-state index in [2.05, 4.69) is 25.7 Å². The Morgan fingerprint density at radius 1 is 1.16 bits per heavy atom. The third-order valence-corrected chi connectivity index (χ3v) is 4.97. The van der Waals surface area contributed by atoms with Crippen LogP contribution in [-0.2, 0) is 27.3 Å². The minimum absolute atomic E-state index is 0.166. The highest BCUT2D eigenvalue weighted by Gasteiger charge is 2.24. The molecule has 1 atom stereocenters. The van der Waals surface area contributed by atoms with Crippen LogP contribution >= 0.6 is 0 Å². The van der Waals surface area contributed by atoms with Crippen molar-refractivity contribution in [1.29, 1.82) is 0 Å². The lowest BCUT2D eigenvalue weighted by Gasteiger charge is -2.16. The Bertz CT molecular complexity index is 1210. The molecule has 2 aromatic carbocycles. The van der Waals surface area contributed by atoms with E-state index >= 15 is 0 Å². The normalized spacial score (nSPS) is 11.9. The number of fused-ring (bicyclic) bond motifs is 1. The van der Waals surface area contributed by atoms with Crippen LogP contribution in [0.3, 0.4) is 0 Å². The van der Waals surface area contributed by atoms with Crippen molar-refractivity contribution in [2.75, 3.05) is 7.11 Å². The molecule has 0 saturated heterocycles. The predicted molar refractivity (Wildman–Crippen MR) is 114 cm³/mol. The lowest BCUT2D eigenvalue weighted by Crippen LogP contribution is -2.44. The molecule has 0 fully saturated rings. The molecule has 2 N–H and O–H groups in total. The fourth-order valence-electron chi connectivity index (χ4n) is 3.35. The summed E-state index contributed by atoms with van der Waals surface area (Å²) in [6.07, 6.45) is 2.13. The summed E-state index contributed by atoms with van der Waals surface area (Å²) in [5.74, 6) is -0.510. The second kappa shape index (κ2) is 8.78. The Kier molecular flexibility index (Phi) is 5.74. The van der Waals surface area contributed by atoms with Crippen LogP contribution in [0.15, 0.2) is 54.7 Å². The number of H-pyrrole nitrogens is 1. The first-order valence-corrected chi connectivity index (χ1v) is 9.80. The highest BCUT2D eigenvalue weighted by atomic mass is 16.5. The van der Waals surface area contributed by atoms with Crippen molar-refractivity contribution in [2.45, 2.75) is 25.9 Å². The zero-order valence-electron chi connectivity index (χ0n) is 17.2. The smallest absolute Gasteiger partial charge is 0.328 e. The molecule has 4 aromatic rings. The quantitative estimate of drug-likeness (QED) is 0.444. The van der Waals surface area contributed by atoms with E-state index in [4.69, 9.17) is 4.74 Å². The third-order valence-electron chi connectivity index (χ3n) is 4.97. The van der Waals surface area contributed by atoms with Gasteiger partial charge in [0, 0.05) is 29.1 Å². The second-order valence-corrected chi connectivity index (χ2v) is 7.22. The summed E-state index contributed by atoms with van der Waals surface area (Å²) >= 11 is 0. The number of aromatic amines is 1. The van der Waals surface area contributed by atoms with E-state index in [0.717, 1.165) is 27.6 Å². The van der Waals surface area contributed by atoms with Gasteiger partial charge in [0.25, 0.3) is 0 Å². The van der Waals surface area contributed by atoms with Crippen LogP contribution in [-0.4, -0.2) is 50.2 Å². The molecule has 2 heterocycles. The van der Waals surface area contributed by atoms with Crippen LogP contribution in [0.25, 0.3) is 22.3 Å². The molecule has 2 aromatic heterocycles. The van der Waals surface area contributed by atoms with E-state index in [1.54, 1.807) is 0 Å². The molecule has 0 saturated carbocycles. The van der Waals surface area contributed by atoms with Crippen LogP contribution in [0.4, 0.5) is 0 Å². The number of carbonyl (C=O) groups is 2. The average molecular weight is 418 g/mol. The molecule has 9 heteroatoms. The fraction of sp³-hybridized carbons (Fsp3) is 0.227. The zero-order valence-corrected chi connectivity index (χ0v) is 17.2. The minimum Gasteiger partial charge on any atom is -0.467 e. The summed E-state index contributed by atoms with van der Waals surface area (Å²) in [5.41, 5.74) is 3.80. The van der Waals surface area contributed by atoms with Crippen LogP contribution in [0.5, 0.6) is 0 Å². The van der Waals surface area contributed by atoms with Crippen LogP contribution in [0.1, 0.15) is 11.1 Å². The minimum atomic E-state index is -0.836. The summed E-state index contributed by atoms with van der Waals surface area (Å²) in [5, 5.41) is 15.9. The molecule has 0 spiro atoms. The fourth-order valence-corrected chi connectivity index (χ4v) is 3.35. The Balaban J connectivity index is 1.44. The number of hydrogen-bond donors (Lipinski definition) is 2. The summed E-state index contributed by atoms with van der Waals surface area (Å²) in [4.78, 5) is 29.2. The van der Waals surface area contributed by atoms with Gasteiger partial charge in [-0.05, 0) is 23.8 Å². The van der Waals surface area contributed by atoms with E-state index in [-0.39, 0.29) is 6.54 Å². The number of amides is 1. The van der Waals surface area contributed by atoms with Gasteiger partial charge < -0.3 is 15.0 Å². The predicted octanol–water partition coefficient (Wildman–Crippen LogP) is 2.03. The molecule has 9 nitrogen and oxygen atoms in total. The van der Waals surface area contributed by atoms with Crippen LogP contribution in [0.2, 0.25) is 0 Å². The largest absolute Gasteiger partial charge is 0.467 e. The number of aromatic nitrogens is 5. The van der Waals surface area contributed by atoms with Crippen molar-refractivity contribution >= 4 is 22.8 Å². The molecule has 0 aliphatic rings. The monoisotopic (exact) mass is 418 g/mol. The molecule has 0 bridgehead atoms. The van der Waals surface area contributed by atoms with Crippen LogP contribution < -0.4 is 5.32 Å². The highest BCUT2D eigenvalue weighted by molar-refractivity contribution is 5.87. The van der Waals surface area contributed by atoms with Crippen molar-refractivity contribution < 1.29 is 14.3 Å². The Labute approximate surface area is 178 Å². The Hall–Kier alpha value is -4.01. The van der Waals surface area contributed by atoms with Crippen molar-refractivity contribution in [2.24, 2.45) is 0 Å². The number of rotatable bonds is 7. The SMILES string of the molecule is COC(=O)[C@@H](Cc1c[nH]c2ccccc12)NC(=O)Cn1nnc(-c2ccc(C)cc2)n1. The first-order valence-electron chi connectivity index (χ1n) is 9.80.